The SMILES string of the molecule is CCC(C)C(C)(O)CNC(=O)NCc1ccc(N(C)C)cc1C. The molecule has 2 unspecified atom stereocenters. The quantitative estimate of drug-likeness (QED) is 0.723. The molecule has 0 saturated carbocycles. The fourth-order valence-electron chi connectivity index (χ4n) is 2.27. The second-order valence-corrected chi connectivity index (χ2v) is 6.71. The van der Waals surface area contributed by atoms with E-state index in [1.807, 2.05) is 51.9 Å². The predicted molar refractivity (Wildman–Crippen MR) is 95.8 cm³/mol. The van der Waals surface area contributed by atoms with Crippen LogP contribution in [0, 0.1) is 12.8 Å². The van der Waals surface area contributed by atoms with Crippen LogP contribution < -0.4 is 15.5 Å². The van der Waals surface area contributed by atoms with Crippen LogP contribution in [0.3, 0.4) is 0 Å². The van der Waals surface area contributed by atoms with E-state index in [4.69, 9.17) is 0 Å². The zero-order valence-corrected chi connectivity index (χ0v) is 15.2. The van der Waals surface area contributed by atoms with Crippen LogP contribution in [-0.2, 0) is 6.54 Å². The van der Waals surface area contributed by atoms with Gasteiger partial charge in [0.15, 0.2) is 0 Å². The van der Waals surface area contributed by atoms with E-state index in [-0.39, 0.29) is 18.5 Å². The van der Waals surface area contributed by atoms with E-state index < -0.39 is 5.60 Å². The lowest BCUT2D eigenvalue weighted by atomic mass is 9.89. The van der Waals surface area contributed by atoms with Crippen LogP contribution in [0.1, 0.15) is 38.3 Å². The van der Waals surface area contributed by atoms with Gasteiger partial charge in [-0.1, -0.05) is 26.3 Å². The minimum atomic E-state index is -0.893. The Kier molecular flexibility index (Phi) is 6.88. The average molecular weight is 321 g/mol. The van der Waals surface area contributed by atoms with E-state index >= 15 is 0 Å². The van der Waals surface area contributed by atoms with Crippen molar-refractivity contribution >= 4 is 11.7 Å². The second kappa shape index (κ2) is 8.20. The average Bonchev–Trinajstić information content (AvgIpc) is 2.50. The molecule has 0 aromatic heterocycles. The monoisotopic (exact) mass is 321 g/mol. The highest BCUT2D eigenvalue weighted by atomic mass is 16.3. The van der Waals surface area contributed by atoms with Crippen LogP contribution >= 0.6 is 0 Å². The first-order valence-electron chi connectivity index (χ1n) is 8.18. The molecule has 1 aromatic rings. The highest BCUT2D eigenvalue weighted by Gasteiger charge is 2.27. The van der Waals surface area contributed by atoms with Gasteiger partial charge in [0.2, 0.25) is 0 Å². The molecule has 23 heavy (non-hydrogen) atoms. The number of carbonyl (C=O) groups is 1. The number of hydrogen-bond donors (Lipinski definition) is 3. The number of carbonyl (C=O) groups excluding carboxylic acids is 1. The highest BCUT2D eigenvalue weighted by molar-refractivity contribution is 5.74. The Morgan fingerprint density at radius 1 is 1.35 bits per heavy atom. The molecular formula is C18H31N3O2. The number of benzene rings is 1. The summed E-state index contributed by atoms with van der Waals surface area (Å²) >= 11 is 0. The number of aliphatic hydroxyl groups is 1. The van der Waals surface area contributed by atoms with E-state index in [1.165, 1.54) is 0 Å². The summed E-state index contributed by atoms with van der Waals surface area (Å²) in [4.78, 5) is 14.0. The maximum absolute atomic E-state index is 11.9. The standard InChI is InChI=1S/C18H31N3O2/c1-7-14(3)18(4,23)12-20-17(22)19-11-15-8-9-16(21(5)6)10-13(15)2/h8-10,14,23H,7,11-12H2,1-6H3,(H2,19,20,22). The van der Waals surface area contributed by atoms with Gasteiger partial charge >= 0.3 is 6.03 Å². The Morgan fingerprint density at radius 2 is 2.00 bits per heavy atom. The summed E-state index contributed by atoms with van der Waals surface area (Å²) < 4.78 is 0. The molecule has 0 spiro atoms. The first-order valence-corrected chi connectivity index (χ1v) is 8.18. The second-order valence-electron chi connectivity index (χ2n) is 6.71. The summed E-state index contributed by atoms with van der Waals surface area (Å²) in [5.41, 5.74) is 2.47. The lowest BCUT2D eigenvalue weighted by molar-refractivity contribution is 0.00790. The maximum atomic E-state index is 11.9. The van der Waals surface area contributed by atoms with Crippen LogP contribution in [0.25, 0.3) is 0 Å². The molecule has 0 aliphatic heterocycles. The van der Waals surface area contributed by atoms with Gasteiger partial charge in [0, 0.05) is 32.9 Å². The zero-order chi connectivity index (χ0) is 17.6. The molecule has 1 rings (SSSR count). The molecule has 5 nitrogen and oxygen atoms in total. The molecule has 0 heterocycles. The Bertz CT molecular complexity index is 527. The number of aryl methyl sites for hydroxylation is 1. The van der Waals surface area contributed by atoms with Crippen molar-refractivity contribution in [2.75, 3.05) is 25.5 Å². The van der Waals surface area contributed by atoms with Gasteiger partial charge in [0.25, 0.3) is 0 Å². The van der Waals surface area contributed by atoms with Crippen molar-refractivity contribution < 1.29 is 9.90 Å². The third-order valence-electron chi connectivity index (χ3n) is 4.56. The Hall–Kier alpha value is -1.75. The molecule has 2 atom stereocenters. The highest BCUT2D eigenvalue weighted by Crippen LogP contribution is 2.19. The molecule has 2 amide bonds. The van der Waals surface area contributed by atoms with Gasteiger partial charge in [0.1, 0.15) is 0 Å². The van der Waals surface area contributed by atoms with Crippen molar-refractivity contribution in [3.63, 3.8) is 0 Å². The van der Waals surface area contributed by atoms with Gasteiger partial charge in [-0.05, 0) is 43.0 Å². The van der Waals surface area contributed by atoms with Gasteiger partial charge in [-0.15, -0.1) is 0 Å². The molecule has 0 radical (unpaired) electrons. The molecule has 0 fully saturated rings. The molecule has 1 aromatic carbocycles. The Balaban J connectivity index is 2.51. The fraction of sp³-hybridized carbons (Fsp3) is 0.611. The van der Waals surface area contributed by atoms with Crippen LogP contribution in [0.5, 0.6) is 0 Å². The normalized spacial score (nSPS) is 14.7. The van der Waals surface area contributed by atoms with Crippen LogP contribution in [-0.4, -0.2) is 37.4 Å². The van der Waals surface area contributed by atoms with Crippen molar-refractivity contribution in [3.8, 4) is 0 Å². The lowest BCUT2D eigenvalue weighted by Gasteiger charge is -2.29. The third kappa shape index (κ3) is 5.75. The molecule has 5 heteroatoms. The summed E-state index contributed by atoms with van der Waals surface area (Å²) in [7, 11) is 4.01. The van der Waals surface area contributed by atoms with Crippen molar-refractivity contribution in [2.45, 2.75) is 46.3 Å². The molecular weight excluding hydrogens is 290 g/mol. The molecule has 0 aliphatic carbocycles. The van der Waals surface area contributed by atoms with Crippen LogP contribution in [0.2, 0.25) is 0 Å². The fourth-order valence-corrected chi connectivity index (χ4v) is 2.27. The minimum absolute atomic E-state index is 0.128. The maximum Gasteiger partial charge on any atom is 0.315 e. The summed E-state index contributed by atoms with van der Waals surface area (Å²) in [6.07, 6.45) is 0.869. The predicted octanol–water partition coefficient (Wildman–Crippen LogP) is 2.66. The molecule has 0 saturated heterocycles. The van der Waals surface area contributed by atoms with Gasteiger partial charge in [-0.2, -0.15) is 0 Å². The van der Waals surface area contributed by atoms with Gasteiger partial charge in [0.05, 0.1) is 5.60 Å². The van der Waals surface area contributed by atoms with E-state index in [0.717, 1.165) is 23.2 Å². The van der Waals surface area contributed by atoms with Crippen molar-refractivity contribution in [2.24, 2.45) is 5.92 Å². The summed E-state index contributed by atoms with van der Waals surface area (Å²) in [6, 6.07) is 5.91. The minimum Gasteiger partial charge on any atom is -0.388 e. The van der Waals surface area contributed by atoms with Crippen molar-refractivity contribution in [1.82, 2.24) is 10.6 Å². The number of nitrogens with zero attached hydrogens (tertiary/aromatic N) is 1. The van der Waals surface area contributed by atoms with Crippen molar-refractivity contribution in [1.29, 1.82) is 0 Å². The van der Waals surface area contributed by atoms with Gasteiger partial charge < -0.3 is 20.6 Å². The number of amides is 2. The number of hydrogen-bond acceptors (Lipinski definition) is 3. The number of rotatable bonds is 7. The third-order valence-corrected chi connectivity index (χ3v) is 4.56. The number of anilines is 1. The lowest BCUT2D eigenvalue weighted by Crippen LogP contribution is -2.47. The summed E-state index contributed by atoms with van der Waals surface area (Å²) in [6.45, 7) is 8.51. The van der Waals surface area contributed by atoms with E-state index in [2.05, 4.69) is 16.7 Å². The van der Waals surface area contributed by atoms with E-state index in [0.29, 0.717) is 6.54 Å². The molecule has 130 valence electrons. The van der Waals surface area contributed by atoms with Crippen LogP contribution in [0.15, 0.2) is 18.2 Å². The molecule has 0 aliphatic rings. The summed E-state index contributed by atoms with van der Waals surface area (Å²) in [5.74, 6) is 0.128. The van der Waals surface area contributed by atoms with Crippen LogP contribution in [0.4, 0.5) is 10.5 Å². The molecule has 3 N–H and O–H groups in total. The number of urea groups is 1. The van der Waals surface area contributed by atoms with E-state index in [1.54, 1.807) is 6.92 Å². The summed E-state index contributed by atoms with van der Waals surface area (Å²) in [5, 5.41) is 15.9. The Labute approximate surface area is 140 Å². The number of nitrogens with one attached hydrogen (secondary N) is 2. The molecule has 0 bridgehead atoms. The Morgan fingerprint density at radius 3 is 2.52 bits per heavy atom. The first kappa shape index (κ1) is 19.3. The van der Waals surface area contributed by atoms with Gasteiger partial charge in [-0.3, -0.25) is 0 Å². The largest absolute Gasteiger partial charge is 0.388 e. The zero-order valence-electron chi connectivity index (χ0n) is 15.2. The van der Waals surface area contributed by atoms with E-state index in [9.17, 15) is 9.90 Å². The van der Waals surface area contributed by atoms with Crippen molar-refractivity contribution in [3.05, 3.63) is 29.3 Å². The smallest absolute Gasteiger partial charge is 0.315 e. The topological polar surface area (TPSA) is 64.6 Å². The first-order chi connectivity index (χ1) is 10.7. The van der Waals surface area contributed by atoms with Gasteiger partial charge in [-0.25, -0.2) is 4.79 Å².